The Balaban J connectivity index is 2.02. The number of carbonyl (C=O) groups is 2. The molecule has 0 aromatic carbocycles. The molecule has 1 N–H and O–H groups in total. The zero-order valence-electron chi connectivity index (χ0n) is 11.9. The number of amides is 1. The number of aliphatic carboxylic acids is 1. The number of carbonyl (C=O) groups excluding carboxylic acids is 1. The molecule has 0 bridgehead atoms. The first-order valence-corrected chi connectivity index (χ1v) is 6.96. The van der Waals surface area contributed by atoms with Gasteiger partial charge in [0.2, 0.25) is 5.91 Å². The molecule has 0 aromatic heterocycles. The minimum absolute atomic E-state index is 0.0350. The van der Waals surface area contributed by atoms with Gasteiger partial charge in [0, 0.05) is 6.54 Å². The summed E-state index contributed by atoms with van der Waals surface area (Å²) in [5.74, 6) is -0.578. The van der Waals surface area contributed by atoms with Crippen molar-refractivity contribution in [2.75, 3.05) is 13.2 Å². The van der Waals surface area contributed by atoms with E-state index >= 15 is 0 Å². The van der Waals surface area contributed by atoms with Gasteiger partial charge in [0.25, 0.3) is 0 Å². The van der Waals surface area contributed by atoms with Crippen LogP contribution in [-0.2, 0) is 14.3 Å². The lowest BCUT2D eigenvalue weighted by atomic mass is 9.94. The van der Waals surface area contributed by atoms with Gasteiger partial charge in [-0.1, -0.05) is 6.42 Å². The van der Waals surface area contributed by atoms with Crippen LogP contribution in [-0.4, -0.2) is 46.7 Å². The van der Waals surface area contributed by atoms with Gasteiger partial charge in [-0.15, -0.1) is 0 Å². The lowest BCUT2D eigenvalue weighted by Crippen LogP contribution is -2.45. The van der Waals surface area contributed by atoms with Gasteiger partial charge >= 0.3 is 5.97 Å². The summed E-state index contributed by atoms with van der Waals surface area (Å²) in [7, 11) is 0. The Morgan fingerprint density at radius 1 is 1.32 bits per heavy atom. The minimum atomic E-state index is -0.876. The molecular formula is C14H23NO4. The largest absolute Gasteiger partial charge is 0.480 e. The van der Waals surface area contributed by atoms with Crippen LogP contribution in [0.2, 0.25) is 0 Å². The van der Waals surface area contributed by atoms with Crippen molar-refractivity contribution in [2.24, 2.45) is 11.8 Å². The SMILES string of the molecule is CC(C)(C)OCC(=O)N1CC2CCCC2C1C(=O)O. The van der Waals surface area contributed by atoms with Crippen molar-refractivity contribution in [3.8, 4) is 0 Å². The Morgan fingerprint density at radius 2 is 2.00 bits per heavy atom. The lowest BCUT2D eigenvalue weighted by Gasteiger charge is -2.26. The smallest absolute Gasteiger partial charge is 0.326 e. The molecule has 5 nitrogen and oxygen atoms in total. The molecule has 0 aromatic rings. The quantitative estimate of drug-likeness (QED) is 0.843. The number of nitrogens with zero attached hydrogens (tertiary/aromatic N) is 1. The van der Waals surface area contributed by atoms with Gasteiger partial charge in [-0.05, 0) is 45.4 Å². The second-order valence-electron chi connectivity index (χ2n) is 6.59. The average molecular weight is 269 g/mol. The maximum atomic E-state index is 12.2. The minimum Gasteiger partial charge on any atom is -0.480 e. The molecule has 5 heteroatoms. The summed E-state index contributed by atoms with van der Waals surface area (Å²) in [6, 6.07) is -0.649. The second-order valence-corrected chi connectivity index (χ2v) is 6.59. The number of ether oxygens (including phenoxy) is 1. The van der Waals surface area contributed by atoms with Gasteiger partial charge in [0.05, 0.1) is 5.60 Å². The molecule has 2 aliphatic rings. The Hall–Kier alpha value is -1.10. The molecule has 2 fully saturated rings. The summed E-state index contributed by atoms with van der Waals surface area (Å²) in [4.78, 5) is 25.1. The standard InChI is InChI=1S/C14H23NO4/c1-14(2,3)19-8-11(16)15-7-9-5-4-6-10(9)12(15)13(17)18/h9-10,12H,4-8H2,1-3H3,(H,17,18). The Morgan fingerprint density at radius 3 is 2.58 bits per heavy atom. The van der Waals surface area contributed by atoms with Gasteiger partial charge in [-0.3, -0.25) is 4.79 Å². The summed E-state index contributed by atoms with van der Waals surface area (Å²) in [5, 5.41) is 9.37. The average Bonchev–Trinajstić information content (AvgIpc) is 2.82. The summed E-state index contributed by atoms with van der Waals surface area (Å²) in [6.07, 6.45) is 3.05. The number of hydrogen-bond donors (Lipinski definition) is 1. The van der Waals surface area contributed by atoms with E-state index in [1.54, 1.807) is 0 Å². The Labute approximate surface area is 113 Å². The summed E-state index contributed by atoms with van der Waals surface area (Å²) in [5.41, 5.74) is -0.385. The van der Waals surface area contributed by atoms with E-state index in [4.69, 9.17) is 4.74 Å². The molecule has 1 aliphatic carbocycles. The molecule has 1 aliphatic heterocycles. The van der Waals surface area contributed by atoms with E-state index in [2.05, 4.69) is 0 Å². The van der Waals surface area contributed by atoms with E-state index in [1.807, 2.05) is 20.8 Å². The summed E-state index contributed by atoms with van der Waals surface area (Å²) >= 11 is 0. The predicted molar refractivity (Wildman–Crippen MR) is 69.7 cm³/mol. The lowest BCUT2D eigenvalue weighted by molar-refractivity contribution is -0.153. The van der Waals surface area contributed by atoms with Crippen molar-refractivity contribution in [3.05, 3.63) is 0 Å². The first-order valence-electron chi connectivity index (χ1n) is 6.96. The molecule has 1 amide bonds. The summed E-state index contributed by atoms with van der Waals surface area (Å²) in [6.45, 7) is 6.19. The second kappa shape index (κ2) is 5.12. The normalized spacial score (nSPS) is 30.5. The van der Waals surface area contributed by atoms with E-state index in [9.17, 15) is 14.7 Å². The van der Waals surface area contributed by atoms with Crippen LogP contribution in [0.15, 0.2) is 0 Å². The molecule has 19 heavy (non-hydrogen) atoms. The number of carboxylic acid groups (broad SMARTS) is 1. The van der Waals surface area contributed by atoms with Gasteiger partial charge in [0.1, 0.15) is 12.6 Å². The van der Waals surface area contributed by atoms with Crippen LogP contribution in [0.4, 0.5) is 0 Å². The zero-order chi connectivity index (χ0) is 14.2. The number of likely N-dealkylation sites (tertiary alicyclic amines) is 1. The van der Waals surface area contributed by atoms with E-state index in [1.165, 1.54) is 4.90 Å². The fourth-order valence-corrected chi connectivity index (χ4v) is 3.24. The zero-order valence-corrected chi connectivity index (χ0v) is 11.9. The summed E-state index contributed by atoms with van der Waals surface area (Å²) < 4.78 is 5.47. The van der Waals surface area contributed by atoms with E-state index in [-0.39, 0.29) is 24.0 Å². The number of hydrogen-bond acceptors (Lipinski definition) is 3. The van der Waals surface area contributed by atoms with Crippen LogP contribution in [0.5, 0.6) is 0 Å². The Kier molecular flexibility index (Phi) is 3.85. The topological polar surface area (TPSA) is 66.8 Å². The third-order valence-electron chi connectivity index (χ3n) is 4.09. The first kappa shape index (κ1) is 14.3. The van der Waals surface area contributed by atoms with Crippen LogP contribution >= 0.6 is 0 Å². The van der Waals surface area contributed by atoms with E-state index in [0.717, 1.165) is 19.3 Å². The molecule has 2 rings (SSSR count). The fraction of sp³-hybridized carbons (Fsp3) is 0.857. The predicted octanol–water partition coefficient (Wildman–Crippen LogP) is 1.51. The maximum absolute atomic E-state index is 12.2. The van der Waals surface area contributed by atoms with E-state index < -0.39 is 12.0 Å². The third kappa shape index (κ3) is 3.08. The highest BCUT2D eigenvalue weighted by Gasteiger charge is 2.49. The van der Waals surface area contributed by atoms with Gasteiger partial charge in [-0.25, -0.2) is 4.79 Å². The monoisotopic (exact) mass is 269 g/mol. The highest BCUT2D eigenvalue weighted by Crippen LogP contribution is 2.42. The highest BCUT2D eigenvalue weighted by atomic mass is 16.5. The molecule has 108 valence electrons. The number of rotatable bonds is 3. The van der Waals surface area contributed by atoms with E-state index in [0.29, 0.717) is 12.5 Å². The van der Waals surface area contributed by atoms with Gasteiger partial charge in [-0.2, -0.15) is 0 Å². The molecule has 3 unspecified atom stereocenters. The molecule has 0 radical (unpaired) electrons. The van der Waals surface area contributed by atoms with Crippen molar-refractivity contribution in [2.45, 2.75) is 51.7 Å². The fourth-order valence-electron chi connectivity index (χ4n) is 3.24. The van der Waals surface area contributed by atoms with Crippen LogP contribution < -0.4 is 0 Å². The molecule has 3 atom stereocenters. The van der Waals surface area contributed by atoms with Crippen molar-refractivity contribution in [3.63, 3.8) is 0 Å². The Bertz CT molecular complexity index is 374. The highest BCUT2D eigenvalue weighted by molar-refractivity contribution is 5.85. The van der Waals surface area contributed by atoms with Crippen molar-refractivity contribution in [1.29, 1.82) is 0 Å². The van der Waals surface area contributed by atoms with Crippen LogP contribution in [0.25, 0.3) is 0 Å². The van der Waals surface area contributed by atoms with Crippen molar-refractivity contribution < 1.29 is 19.4 Å². The van der Waals surface area contributed by atoms with Crippen molar-refractivity contribution >= 4 is 11.9 Å². The van der Waals surface area contributed by atoms with Crippen molar-refractivity contribution in [1.82, 2.24) is 4.90 Å². The van der Waals surface area contributed by atoms with Gasteiger partial charge < -0.3 is 14.7 Å². The maximum Gasteiger partial charge on any atom is 0.326 e. The molecule has 1 saturated carbocycles. The van der Waals surface area contributed by atoms with Crippen LogP contribution in [0.1, 0.15) is 40.0 Å². The molecule has 1 heterocycles. The number of carboxylic acids is 1. The van der Waals surface area contributed by atoms with Gasteiger partial charge in [0.15, 0.2) is 0 Å². The third-order valence-corrected chi connectivity index (χ3v) is 4.09. The van der Waals surface area contributed by atoms with Crippen LogP contribution in [0, 0.1) is 11.8 Å². The molecular weight excluding hydrogens is 246 g/mol. The molecule has 0 spiro atoms. The number of fused-ring (bicyclic) bond motifs is 1. The first-order chi connectivity index (χ1) is 8.79. The van der Waals surface area contributed by atoms with Crippen LogP contribution in [0.3, 0.4) is 0 Å². The molecule has 1 saturated heterocycles.